The van der Waals surface area contributed by atoms with E-state index in [1.54, 1.807) is 0 Å². The molecule has 4 nitrogen and oxygen atoms in total. The van der Waals surface area contributed by atoms with Gasteiger partial charge in [-0.25, -0.2) is 0 Å². The Kier molecular flexibility index (Phi) is 4.80. The number of amides is 1. The summed E-state index contributed by atoms with van der Waals surface area (Å²) in [5, 5.41) is 0. The maximum Gasteiger partial charge on any atom is 0.236 e. The molecule has 0 aromatic carbocycles. The third-order valence-electron chi connectivity index (χ3n) is 4.07. The van der Waals surface area contributed by atoms with E-state index in [1.807, 2.05) is 4.90 Å². The van der Waals surface area contributed by atoms with Gasteiger partial charge in [0.05, 0.1) is 6.54 Å². The summed E-state index contributed by atoms with van der Waals surface area (Å²) < 4.78 is 0. The van der Waals surface area contributed by atoms with Gasteiger partial charge in [-0.3, -0.25) is 9.69 Å². The third kappa shape index (κ3) is 3.42. The van der Waals surface area contributed by atoms with Gasteiger partial charge in [0.1, 0.15) is 0 Å². The fourth-order valence-corrected chi connectivity index (χ4v) is 2.95. The van der Waals surface area contributed by atoms with E-state index < -0.39 is 0 Å². The van der Waals surface area contributed by atoms with Crippen LogP contribution in [-0.2, 0) is 4.79 Å². The molecule has 0 saturated carbocycles. The molecular weight excluding hydrogens is 214 g/mol. The number of nitrogens with zero attached hydrogens (tertiary/aromatic N) is 2. The smallest absolute Gasteiger partial charge is 0.236 e. The lowest BCUT2D eigenvalue weighted by atomic mass is 10.1. The summed E-state index contributed by atoms with van der Waals surface area (Å²) in [5.41, 5.74) is 5.83. The van der Waals surface area contributed by atoms with Crippen LogP contribution in [0.3, 0.4) is 0 Å². The minimum absolute atomic E-state index is 0.308. The SMILES string of the molecule is NCC1CCCCCN1CC(=O)N1CCCC1. The van der Waals surface area contributed by atoms with Crippen molar-refractivity contribution >= 4 is 5.91 Å². The highest BCUT2D eigenvalue weighted by Gasteiger charge is 2.25. The van der Waals surface area contributed by atoms with Crippen molar-refractivity contribution in [3.8, 4) is 0 Å². The average Bonchev–Trinajstić information content (AvgIpc) is 2.78. The summed E-state index contributed by atoms with van der Waals surface area (Å²) in [6.07, 6.45) is 7.26. The van der Waals surface area contributed by atoms with Crippen molar-refractivity contribution in [1.82, 2.24) is 9.80 Å². The second-order valence-corrected chi connectivity index (χ2v) is 5.30. The highest BCUT2D eigenvalue weighted by Crippen LogP contribution is 2.17. The molecular formula is C13H25N3O. The zero-order chi connectivity index (χ0) is 12.1. The zero-order valence-corrected chi connectivity index (χ0v) is 10.7. The van der Waals surface area contributed by atoms with Gasteiger partial charge >= 0.3 is 0 Å². The Morgan fingerprint density at radius 2 is 1.76 bits per heavy atom. The van der Waals surface area contributed by atoms with Crippen molar-refractivity contribution < 1.29 is 4.79 Å². The number of hydrogen-bond donors (Lipinski definition) is 1. The summed E-state index contributed by atoms with van der Waals surface area (Å²) in [7, 11) is 0. The largest absolute Gasteiger partial charge is 0.342 e. The number of likely N-dealkylation sites (tertiary alicyclic amines) is 2. The number of hydrogen-bond acceptors (Lipinski definition) is 3. The molecule has 2 N–H and O–H groups in total. The summed E-state index contributed by atoms with van der Waals surface area (Å²) in [6, 6.07) is 0.420. The predicted molar refractivity (Wildman–Crippen MR) is 68.7 cm³/mol. The van der Waals surface area contributed by atoms with Crippen LogP contribution < -0.4 is 5.73 Å². The molecule has 0 aliphatic carbocycles. The van der Waals surface area contributed by atoms with Gasteiger partial charge in [-0.2, -0.15) is 0 Å². The lowest BCUT2D eigenvalue weighted by molar-refractivity contribution is -0.131. The second kappa shape index (κ2) is 6.36. The van der Waals surface area contributed by atoms with E-state index in [2.05, 4.69) is 4.90 Å². The highest BCUT2D eigenvalue weighted by molar-refractivity contribution is 5.78. The Hall–Kier alpha value is -0.610. The summed E-state index contributed by atoms with van der Waals surface area (Å²) >= 11 is 0. The molecule has 2 fully saturated rings. The Balaban J connectivity index is 1.87. The first-order valence-electron chi connectivity index (χ1n) is 7.03. The molecule has 2 heterocycles. The number of carbonyl (C=O) groups is 1. The normalized spacial score (nSPS) is 27.1. The van der Waals surface area contributed by atoms with E-state index in [4.69, 9.17) is 5.73 Å². The molecule has 2 aliphatic heterocycles. The van der Waals surface area contributed by atoms with E-state index in [-0.39, 0.29) is 0 Å². The lowest BCUT2D eigenvalue weighted by Gasteiger charge is -2.29. The quantitative estimate of drug-likeness (QED) is 0.793. The van der Waals surface area contributed by atoms with Gasteiger partial charge in [-0.05, 0) is 32.2 Å². The summed E-state index contributed by atoms with van der Waals surface area (Å²) in [4.78, 5) is 16.5. The molecule has 0 radical (unpaired) electrons. The molecule has 0 aromatic rings. The van der Waals surface area contributed by atoms with Gasteiger partial charge in [-0.15, -0.1) is 0 Å². The first-order chi connectivity index (χ1) is 8.31. The van der Waals surface area contributed by atoms with Crippen LogP contribution in [0.25, 0.3) is 0 Å². The van der Waals surface area contributed by atoms with E-state index in [1.165, 1.54) is 32.1 Å². The molecule has 2 saturated heterocycles. The fourth-order valence-electron chi connectivity index (χ4n) is 2.95. The van der Waals surface area contributed by atoms with Gasteiger partial charge in [-0.1, -0.05) is 12.8 Å². The molecule has 0 bridgehead atoms. The molecule has 0 aromatic heterocycles. The van der Waals surface area contributed by atoms with Gasteiger partial charge in [0.15, 0.2) is 0 Å². The van der Waals surface area contributed by atoms with Crippen molar-refractivity contribution in [3.05, 3.63) is 0 Å². The monoisotopic (exact) mass is 239 g/mol. The molecule has 1 atom stereocenters. The van der Waals surface area contributed by atoms with Crippen molar-refractivity contribution in [2.75, 3.05) is 32.7 Å². The van der Waals surface area contributed by atoms with Crippen LogP contribution in [0, 0.1) is 0 Å². The maximum absolute atomic E-state index is 12.1. The standard InChI is InChI=1S/C13H25N3O/c14-10-12-6-2-1-3-9-16(12)11-13(17)15-7-4-5-8-15/h12H,1-11,14H2. The fraction of sp³-hybridized carbons (Fsp3) is 0.923. The van der Waals surface area contributed by atoms with E-state index >= 15 is 0 Å². The van der Waals surface area contributed by atoms with Crippen LogP contribution in [0.5, 0.6) is 0 Å². The zero-order valence-electron chi connectivity index (χ0n) is 10.7. The first-order valence-corrected chi connectivity index (χ1v) is 7.03. The third-order valence-corrected chi connectivity index (χ3v) is 4.07. The number of carbonyl (C=O) groups excluding carboxylic acids is 1. The van der Waals surface area contributed by atoms with Gasteiger partial charge in [0.25, 0.3) is 0 Å². The number of nitrogens with two attached hydrogens (primary N) is 1. The van der Waals surface area contributed by atoms with Crippen LogP contribution >= 0.6 is 0 Å². The van der Waals surface area contributed by atoms with Crippen LogP contribution in [0.4, 0.5) is 0 Å². The maximum atomic E-state index is 12.1. The molecule has 1 unspecified atom stereocenters. The summed E-state index contributed by atoms with van der Waals surface area (Å²) in [6.45, 7) is 4.23. The molecule has 2 rings (SSSR count). The van der Waals surface area contributed by atoms with Crippen LogP contribution in [0.1, 0.15) is 38.5 Å². The van der Waals surface area contributed by atoms with E-state index in [0.717, 1.165) is 26.1 Å². The topological polar surface area (TPSA) is 49.6 Å². The molecule has 1 amide bonds. The molecule has 17 heavy (non-hydrogen) atoms. The van der Waals surface area contributed by atoms with E-state index in [0.29, 0.717) is 25.0 Å². The molecule has 98 valence electrons. The van der Waals surface area contributed by atoms with Gasteiger partial charge in [0, 0.05) is 25.7 Å². The minimum Gasteiger partial charge on any atom is -0.342 e. The lowest BCUT2D eigenvalue weighted by Crippen LogP contribution is -2.46. The minimum atomic E-state index is 0.308. The van der Waals surface area contributed by atoms with Crippen LogP contribution in [-0.4, -0.2) is 54.5 Å². The van der Waals surface area contributed by atoms with Crippen molar-refractivity contribution in [2.24, 2.45) is 5.73 Å². The first kappa shape index (κ1) is 12.8. The van der Waals surface area contributed by atoms with Gasteiger partial charge < -0.3 is 10.6 Å². The van der Waals surface area contributed by atoms with Crippen LogP contribution in [0.2, 0.25) is 0 Å². The molecule has 0 spiro atoms. The van der Waals surface area contributed by atoms with E-state index in [9.17, 15) is 4.79 Å². The predicted octanol–water partition coefficient (Wildman–Crippen LogP) is 0.812. The Morgan fingerprint density at radius 1 is 1.06 bits per heavy atom. The molecule has 4 heteroatoms. The van der Waals surface area contributed by atoms with Crippen molar-refractivity contribution in [2.45, 2.75) is 44.6 Å². The highest BCUT2D eigenvalue weighted by atomic mass is 16.2. The Bertz CT molecular complexity index is 251. The number of rotatable bonds is 3. The Morgan fingerprint density at radius 3 is 2.47 bits per heavy atom. The van der Waals surface area contributed by atoms with Crippen LogP contribution in [0.15, 0.2) is 0 Å². The van der Waals surface area contributed by atoms with Crippen molar-refractivity contribution in [1.29, 1.82) is 0 Å². The summed E-state index contributed by atoms with van der Waals surface area (Å²) in [5.74, 6) is 0.308. The molecule has 2 aliphatic rings. The second-order valence-electron chi connectivity index (χ2n) is 5.30. The Labute approximate surface area is 104 Å². The van der Waals surface area contributed by atoms with Gasteiger partial charge in [0.2, 0.25) is 5.91 Å². The average molecular weight is 239 g/mol. The van der Waals surface area contributed by atoms with Crippen molar-refractivity contribution in [3.63, 3.8) is 0 Å².